The Bertz CT molecular complexity index is 248. The molecule has 0 rings (SSSR count). The quantitative estimate of drug-likeness (QED) is 0.486. The lowest BCUT2D eigenvalue weighted by Gasteiger charge is -2.39. The summed E-state index contributed by atoms with van der Waals surface area (Å²) in [6.45, 7) is 7.64. The highest BCUT2D eigenvalue weighted by Gasteiger charge is 2.45. The normalized spacial score (nSPS) is 19.6. The Morgan fingerprint density at radius 3 is 2.10 bits per heavy atom. The van der Waals surface area contributed by atoms with Gasteiger partial charge in [0.2, 0.25) is 0 Å². The number of methoxy groups -OCH3 is 1. The molecule has 4 unspecified atom stereocenters. The molecule has 20 heavy (non-hydrogen) atoms. The van der Waals surface area contributed by atoms with Crippen molar-refractivity contribution < 1.29 is 29.5 Å². The van der Waals surface area contributed by atoms with Crippen LogP contribution < -0.4 is 0 Å². The molecule has 0 radical (unpaired) electrons. The fourth-order valence-electron chi connectivity index (χ4n) is 2.05. The van der Waals surface area contributed by atoms with Crippen molar-refractivity contribution in [3.8, 4) is 0 Å². The van der Waals surface area contributed by atoms with Crippen molar-refractivity contribution in [2.45, 2.75) is 70.7 Å². The molecule has 0 amide bonds. The monoisotopic (exact) mass is 294 g/mol. The summed E-state index contributed by atoms with van der Waals surface area (Å²) in [6, 6.07) is 0. The Hall–Kier alpha value is -0.240. The lowest BCUT2D eigenvalue weighted by atomic mass is 9.87. The third kappa shape index (κ3) is 6.03. The van der Waals surface area contributed by atoms with Crippen LogP contribution in [-0.2, 0) is 14.2 Å². The molecule has 0 aliphatic carbocycles. The summed E-state index contributed by atoms with van der Waals surface area (Å²) in [4.78, 5) is 0. The van der Waals surface area contributed by atoms with Gasteiger partial charge in [0.1, 0.15) is 5.60 Å². The van der Waals surface area contributed by atoms with E-state index in [1.54, 1.807) is 13.8 Å². The fourth-order valence-corrected chi connectivity index (χ4v) is 2.05. The molecule has 6 heteroatoms. The van der Waals surface area contributed by atoms with Crippen LogP contribution in [0.3, 0.4) is 0 Å². The van der Waals surface area contributed by atoms with Crippen molar-refractivity contribution in [1.29, 1.82) is 0 Å². The van der Waals surface area contributed by atoms with Crippen LogP contribution in [0.25, 0.3) is 0 Å². The third-order valence-corrected chi connectivity index (χ3v) is 3.09. The summed E-state index contributed by atoms with van der Waals surface area (Å²) in [6.07, 6.45) is -2.77. The number of hydrogen-bond acceptors (Lipinski definition) is 6. The zero-order chi connectivity index (χ0) is 15.8. The lowest BCUT2D eigenvalue weighted by molar-refractivity contribution is -0.265. The van der Waals surface area contributed by atoms with Gasteiger partial charge in [-0.15, -0.1) is 0 Å². The lowest BCUT2D eigenvalue weighted by Crippen LogP contribution is -2.56. The molecule has 0 saturated heterocycles. The van der Waals surface area contributed by atoms with Crippen LogP contribution in [-0.4, -0.2) is 65.8 Å². The molecular formula is C14H30O6. The number of aliphatic hydroxyl groups is 3. The van der Waals surface area contributed by atoms with Gasteiger partial charge in [-0.2, -0.15) is 0 Å². The number of rotatable bonds is 11. The molecule has 0 aliphatic rings. The van der Waals surface area contributed by atoms with E-state index in [4.69, 9.17) is 14.2 Å². The maximum Gasteiger partial charge on any atom is 0.188 e. The highest BCUT2D eigenvalue weighted by molar-refractivity contribution is 4.91. The van der Waals surface area contributed by atoms with Gasteiger partial charge in [-0.3, -0.25) is 0 Å². The second-order valence-corrected chi connectivity index (χ2v) is 5.18. The van der Waals surface area contributed by atoms with Gasteiger partial charge in [0, 0.05) is 20.1 Å². The summed E-state index contributed by atoms with van der Waals surface area (Å²) < 4.78 is 15.8. The van der Waals surface area contributed by atoms with Gasteiger partial charge in [0.25, 0.3) is 0 Å². The van der Waals surface area contributed by atoms with Crippen molar-refractivity contribution in [2.75, 3.05) is 20.3 Å². The van der Waals surface area contributed by atoms with E-state index >= 15 is 0 Å². The maximum absolute atomic E-state index is 10.7. The number of aliphatic hydroxyl groups excluding tert-OH is 2. The van der Waals surface area contributed by atoms with Crippen molar-refractivity contribution >= 4 is 0 Å². The Morgan fingerprint density at radius 2 is 1.70 bits per heavy atom. The topological polar surface area (TPSA) is 88.4 Å². The first kappa shape index (κ1) is 19.8. The molecule has 0 spiro atoms. The van der Waals surface area contributed by atoms with E-state index in [1.165, 1.54) is 7.11 Å². The van der Waals surface area contributed by atoms with Crippen molar-refractivity contribution in [3.05, 3.63) is 0 Å². The molecule has 0 aromatic carbocycles. The van der Waals surface area contributed by atoms with E-state index in [9.17, 15) is 15.3 Å². The Morgan fingerprint density at radius 1 is 1.10 bits per heavy atom. The van der Waals surface area contributed by atoms with Crippen molar-refractivity contribution in [2.24, 2.45) is 0 Å². The molecule has 4 atom stereocenters. The smallest absolute Gasteiger partial charge is 0.188 e. The van der Waals surface area contributed by atoms with Gasteiger partial charge in [-0.05, 0) is 27.2 Å². The van der Waals surface area contributed by atoms with Crippen LogP contribution in [0.4, 0.5) is 0 Å². The number of ether oxygens (including phenoxy) is 3. The van der Waals surface area contributed by atoms with Crippen molar-refractivity contribution in [3.63, 3.8) is 0 Å². The van der Waals surface area contributed by atoms with Gasteiger partial charge in [-0.1, -0.05) is 6.92 Å². The zero-order valence-corrected chi connectivity index (χ0v) is 13.2. The SMILES string of the molecule is CCOC(OC)C(O)(CC(O)COC(C)C)C(O)CC. The molecule has 0 bridgehead atoms. The molecule has 122 valence electrons. The molecule has 0 aromatic heterocycles. The summed E-state index contributed by atoms with van der Waals surface area (Å²) in [7, 11) is 1.39. The molecule has 0 fully saturated rings. The second-order valence-electron chi connectivity index (χ2n) is 5.18. The highest BCUT2D eigenvalue weighted by atomic mass is 16.7. The van der Waals surface area contributed by atoms with Gasteiger partial charge < -0.3 is 29.5 Å². The average molecular weight is 294 g/mol. The van der Waals surface area contributed by atoms with E-state index in [0.717, 1.165) is 0 Å². The molecule has 6 nitrogen and oxygen atoms in total. The molecule has 0 saturated carbocycles. The summed E-state index contributed by atoms with van der Waals surface area (Å²) >= 11 is 0. The maximum atomic E-state index is 10.7. The van der Waals surface area contributed by atoms with Gasteiger partial charge >= 0.3 is 0 Å². The number of hydrogen-bond donors (Lipinski definition) is 3. The Kier molecular flexibility index (Phi) is 9.54. The van der Waals surface area contributed by atoms with E-state index in [2.05, 4.69) is 0 Å². The van der Waals surface area contributed by atoms with Crippen LogP contribution in [0.5, 0.6) is 0 Å². The molecule has 3 N–H and O–H groups in total. The highest BCUT2D eigenvalue weighted by Crippen LogP contribution is 2.27. The van der Waals surface area contributed by atoms with Crippen LogP contribution >= 0.6 is 0 Å². The standard InChI is InChI=1S/C14H30O6/c1-6-12(16)14(17,13(18-5)19-7-2)8-11(15)9-20-10(3)4/h10-13,15-17H,6-9H2,1-5H3. The Labute approximate surface area is 121 Å². The van der Waals surface area contributed by atoms with E-state index in [-0.39, 0.29) is 19.1 Å². The minimum atomic E-state index is -1.68. The van der Waals surface area contributed by atoms with E-state index in [0.29, 0.717) is 13.0 Å². The predicted molar refractivity (Wildman–Crippen MR) is 75.4 cm³/mol. The zero-order valence-electron chi connectivity index (χ0n) is 13.2. The molecular weight excluding hydrogens is 264 g/mol. The van der Waals surface area contributed by atoms with Crippen LogP contribution in [0, 0.1) is 0 Å². The summed E-state index contributed by atoms with van der Waals surface area (Å²) in [5.74, 6) is 0. The van der Waals surface area contributed by atoms with Gasteiger partial charge in [0.15, 0.2) is 6.29 Å². The van der Waals surface area contributed by atoms with Crippen LogP contribution in [0.2, 0.25) is 0 Å². The minimum Gasteiger partial charge on any atom is -0.391 e. The molecule has 0 aliphatic heterocycles. The first-order valence-electron chi connectivity index (χ1n) is 7.16. The van der Waals surface area contributed by atoms with Crippen LogP contribution in [0.15, 0.2) is 0 Å². The fraction of sp³-hybridized carbons (Fsp3) is 1.00. The first-order chi connectivity index (χ1) is 9.31. The Balaban J connectivity index is 4.84. The first-order valence-corrected chi connectivity index (χ1v) is 7.16. The molecule has 0 heterocycles. The van der Waals surface area contributed by atoms with Gasteiger partial charge in [0.05, 0.1) is 24.9 Å². The van der Waals surface area contributed by atoms with E-state index in [1.807, 2.05) is 13.8 Å². The van der Waals surface area contributed by atoms with Crippen LogP contribution in [0.1, 0.15) is 40.5 Å². The molecule has 0 aromatic rings. The predicted octanol–water partition coefficient (Wildman–Crippen LogP) is 0.673. The minimum absolute atomic E-state index is 0.0149. The summed E-state index contributed by atoms with van der Waals surface area (Å²) in [5.41, 5.74) is -1.68. The van der Waals surface area contributed by atoms with Crippen molar-refractivity contribution in [1.82, 2.24) is 0 Å². The third-order valence-electron chi connectivity index (χ3n) is 3.09. The second kappa shape index (κ2) is 9.65. The summed E-state index contributed by atoms with van der Waals surface area (Å²) in [5, 5.41) is 30.7. The van der Waals surface area contributed by atoms with E-state index < -0.39 is 24.1 Å². The average Bonchev–Trinajstić information content (AvgIpc) is 2.41. The van der Waals surface area contributed by atoms with Gasteiger partial charge in [-0.25, -0.2) is 0 Å². The largest absolute Gasteiger partial charge is 0.391 e.